The van der Waals surface area contributed by atoms with Crippen LogP contribution in [0.2, 0.25) is 0 Å². The van der Waals surface area contributed by atoms with Crippen LogP contribution in [0.4, 0.5) is 0 Å². The first-order chi connectivity index (χ1) is 19.3. The van der Waals surface area contributed by atoms with Crippen LogP contribution < -0.4 is 18.9 Å². The predicted octanol–water partition coefficient (Wildman–Crippen LogP) is 3.50. The number of Topliss-reactive ketones (excluding diaryl/α,β-unsaturated/α-hetero) is 1. The summed E-state index contributed by atoms with van der Waals surface area (Å²) in [7, 11) is 4.18. The molecular formula is C30H30O10. The molecule has 10 heteroatoms. The number of hydrogen-bond acceptors (Lipinski definition) is 10. The zero-order valence-corrected chi connectivity index (χ0v) is 22.2. The van der Waals surface area contributed by atoms with Gasteiger partial charge in [-0.1, -0.05) is 6.08 Å². The van der Waals surface area contributed by atoms with Gasteiger partial charge < -0.3 is 39.4 Å². The summed E-state index contributed by atoms with van der Waals surface area (Å²) in [6, 6.07) is 10.6. The number of aromatic hydroxyl groups is 2. The molecule has 1 heterocycles. The average molecular weight is 551 g/mol. The summed E-state index contributed by atoms with van der Waals surface area (Å²) in [6.07, 6.45) is 2.83. The summed E-state index contributed by atoms with van der Waals surface area (Å²) >= 11 is 0. The van der Waals surface area contributed by atoms with E-state index in [2.05, 4.69) is 0 Å². The molecule has 40 heavy (non-hydrogen) atoms. The van der Waals surface area contributed by atoms with Crippen LogP contribution in [-0.4, -0.2) is 67.0 Å². The minimum atomic E-state index is -1.20. The van der Waals surface area contributed by atoms with Gasteiger partial charge in [0, 0.05) is 16.7 Å². The van der Waals surface area contributed by atoms with Gasteiger partial charge in [0.05, 0.1) is 46.4 Å². The van der Waals surface area contributed by atoms with Gasteiger partial charge in [0.2, 0.25) is 0 Å². The van der Waals surface area contributed by atoms with Crippen molar-refractivity contribution in [2.45, 2.75) is 17.9 Å². The number of ether oxygens (including phenoxy) is 4. The molecule has 0 unspecified atom stereocenters. The molecule has 0 spiro atoms. The minimum absolute atomic E-state index is 0.0415. The second-order valence-corrected chi connectivity index (χ2v) is 9.11. The lowest BCUT2D eigenvalue weighted by molar-refractivity contribution is -0.104. The summed E-state index contributed by atoms with van der Waals surface area (Å²) in [5.41, 5.74) is 2.03. The molecule has 3 aromatic rings. The highest BCUT2D eigenvalue weighted by molar-refractivity contribution is 6.02. The van der Waals surface area contributed by atoms with Crippen LogP contribution >= 0.6 is 0 Å². The number of aldehydes is 1. The maximum absolute atomic E-state index is 13.5. The molecule has 0 saturated heterocycles. The zero-order chi connectivity index (χ0) is 29.0. The van der Waals surface area contributed by atoms with E-state index in [9.17, 15) is 30.0 Å². The SMILES string of the molecule is COc1cc(C(=O)[C@H](CO)c2cc([C@H]3Oc4c(OC)cc(C=CC=O)cc4[C@@H]3CO)cc(OC)c2O)ccc1O. The van der Waals surface area contributed by atoms with Gasteiger partial charge in [0.1, 0.15) is 12.4 Å². The summed E-state index contributed by atoms with van der Waals surface area (Å²) in [5.74, 6) is -1.85. The topological polar surface area (TPSA) is 152 Å². The second-order valence-electron chi connectivity index (χ2n) is 9.11. The van der Waals surface area contributed by atoms with Crippen molar-refractivity contribution in [2.24, 2.45) is 0 Å². The molecule has 3 aromatic carbocycles. The lowest BCUT2D eigenvalue weighted by atomic mass is 9.85. The Hall–Kier alpha value is -4.54. The average Bonchev–Trinajstić information content (AvgIpc) is 3.35. The molecule has 0 amide bonds. The van der Waals surface area contributed by atoms with E-state index in [4.69, 9.17) is 18.9 Å². The largest absolute Gasteiger partial charge is 0.504 e. The van der Waals surface area contributed by atoms with Crippen LogP contribution in [0.25, 0.3) is 6.08 Å². The molecule has 0 radical (unpaired) electrons. The summed E-state index contributed by atoms with van der Waals surface area (Å²) < 4.78 is 22.3. The first-order valence-electron chi connectivity index (χ1n) is 12.4. The smallest absolute Gasteiger partial charge is 0.172 e. The van der Waals surface area contributed by atoms with Crippen molar-refractivity contribution < 1.29 is 49.0 Å². The van der Waals surface area contributed by atoms with Gasteiger partial charge in [0.15, 0.2) is 40.3 Å². The number of ketones is 1. The molecule has 10 nitrogen and oxygen atoms in total. The molecule has 0 saturated carbocycles. The van der Waals surface area contributed by atoms with Crippen molar-refractivity contribution >= 4 is 18.1 Å². The van der Waals surface area contributed by atoms with Gasteiger partial charge in [0.25, 0.3) is 0 Å². The molecule has 1 aliphatic rings. The first kappa shape index (κ1) is 28.5. The highest BCUT2D eigenvalue weighted by atomic mass is 16.5. The van der Waals surface area contributed by atoms with Crippen molar-refractivity contribution in [3.63, 3.8) is 0 Å². The standard InChI is InChI=1S/C30H30O10/c1-37-24-12-17(6-7-23(24)34)27(35)21(14-32)19-11-18(13-25(38-2)28(19)36)29-22(15-33)20-9-16(5-4-8-31)10-26(39-3)30(20)40-29/h4-13,21-22,29,32-34,36H,14-15H2,1-3H3/t21-,22+,29-/m1/s1. The van der Waals surface area contributed by atoms with E-state index in [1.165, 1.54) is 51.7 Å². The summed E-state index contributed by atoms with van der Waals surface area (Å²) in [4.78, 5) is 24.3. The molecule has 210 valence electrons. The Kier molecular flexibility index (Phi) is 8.61. The monoisotopic (exact) mass is 550 g/mol. The van der Waals surface area contributed by atoms with E-state index in [-0.39, 0.29) is 40.7 Å². The Labute approximate surface area is 230 Å². The number of aliphatic hydroxyl groups excluding tert-OH is 2. The first-order valence-corrected chi connectivity index (χ1v) is 12.4. The molecule has 3 atom stereocenters. The van der Waals surface area contributed by atoms with Gasteiger partial charge in [-0.3, -0.25) is 9.59 Å². The van der Waals surface area contributed by atoms with Crippen molar-refractivity contribution in [3.8, 4) is 34.5 Å². The number of aliphatic hydroxyl groups is 2. The Morgan fingerprint density at radius 3 is 2.33 bits per heavy atom. The fourth-order valence-corrected chi connectivity index (χ4v) is 4.90. The van der Waals surface area contributed by atoms with E-state index in [0.717, 1.165) is 0 Å². The number of carbonyl (C=O) groups is 2. The van der Waals surface area contributed by atoms with E-state index in [1.54, 1.807) is 24.3 Å². The third kappa shape index (κ3) is 5.18. The number of fused-ring (bicyclic) bond motifs is 1. The normalized spacial score (nSPS) is 16.7. The molecule has 4 N–H and O–H groups in total. The molecule has 0 aromatic heterocycles. The Balaban J connectivity index is 1.80. The number of methoxy groups -OCH3 is 3. The third-order valence-electron chi connectivity index (χ3n) is 6.91. The van der Waals surface area contributed by atoms with Crippen LogP contribution in [0.15, 0.2) is 48.5 Å². The third-order valence-corrected chi connectivity index (χ3v) is 6.91. The predicted molar refractivity (Wildman–Crippen MR) is 145 cm³/mol. The van der Waals surface area contributed by atoms with E-state index >= 15 is 0 Å². The zero-order valence-electron chi connectivity index (χ0n) is 22.2. The van der Waals surface area contributed by atoms with Gasteiger partial charge in [-0.25, -0.2) is 0 Å². The van der Waals surface area contributed by atoms with Crippen molar-refractivity contribution in [3.05, 3.63) is 76.4 Å². The van der Waals surface area contributed by atoms with Gasteiger partial charge in [-0.05, 0) is 59.7 Å². The lowest BCUT2D eigenvalue weighted by Gasteiger charge is -2.23. The van der Waals surface area contributed by atoms with Crippen LogP contribution in [0, 0.1) is 0 Å². The lowest BCUT2D eigenvalue weighted by Crippen LogP contribution is -2.19. The van der Waals surface area contributed by atoms with Gasteiger partial charge in [-0.2, -0.15) is 0 Å². The quantitative estimate of drug-likeness (QED) is 0.159. The van der Waals surface area contributed by atoms with E-state index in [0.29, 0.717) is 34.5 Å². The number of phenolic OH excluding ortho intramolecular Hbond substituents is 2. The highest BCUT2D eigenvalue weighted by Gasteiger charge is 2.39. The van der Waals surface area contributed by atoms with Crippen molar-refractivity contribution in [2.75, 3.05) is 34.5 Å². The van der Waals surface area contributed by atoms with Crippen LogP contribution in [0.1, 0.15) is 50.6 Å². The summed E-state index contributed by atoms with van der Waals surface area (Å²) in [6.45, 7) is -0.951. The Morgan fingerprint density at radius 2 is 1.70 bits per heavy atom. The Bertz CT molecular complexity index is 1440. The molecular weight excluding hydrogens is 520 g/mol. The molecule has 4 rings (SSSR count). The van der Waals surface area contributed by atoms with E-state index < -0.39 is 30.3 Å². The van der Waals surface area contributed by atoms with Crippen molar-refractivity contribution in [1.29, 1.82) is 0 Å². The maximum Gasteiger partial charge on any atom is 0.172 e. The molecule has 0 fully saturated rings. The highest BCUT2D eigenvalue weighted by Crippen LogP contribution is 2.52. The van der Waals surface area contributed by atoms with E-state index in [1.807, 2.05) is 0 Å². The number of rotatable bonds is 11. The number of benzene rings is 3. The number of allylic oxidation sites excluding steroid dienone is 1. The minimum Gasteiger partial charge on any atom is -0.504 e. The number of hydrogen-bond donors (Lipinski definition) is 4. The molecule has 0 aliphatic carbocycles. The second kappa shape index (κ2) is 12.1. The van der Waals surface area contributed by atoms with Crippen LogP contribution in [0.3, 0.4) is 0 Å². The maximum atomic E-state index is 13.5. The molecule has 0 bridgehead atoms. The number of carbonyl (C=O) groups excluding carboxylic acids is 2. The van der Waals surface area contributed by atoms with Gasteiger partial charge in [-0.15, -0.1) is 0 Å². The van der Waals surface area contributed by atoms with Gasteiger partial charge >= 0.3 is 0 Å². The van der Waals surface area contributed by atoms with Crippen LogP contribution in [-0.2, 0) is 4.79 Å². The van der Waals surface area contributed by atoms with Crippen LogP contribution in [0.5, 0.6) is 34.5 Å². The summed E-state index contributed by atoms with van der Waals surface area (Å²) in [5, 5.41) is 41.6. The fourth-order valence-electron chi connectivity index (χ4n) is 4.90. The fraction of sp³-hybridized carbons (Fsp3) is 0.267. The molecule has 1 aliphatic heterocycles. The number of phenols is 2. The van der Waals surface area contributed by atoms with Crippen molar-refractivity contribution in [1.82, 2.24) is 0 Å². The Morgan fingerprint density at radius 1 is 0.975 bits per heavy atom.